The van der Waals surface area contributed by atoms with Gasteiger partial charge in [0.25, 0.3) is 5.91 Å². The van der Waals surface area contributed by atoms with Gasteiger partial charge in [-0.05, 0) is 94.1 Å². The van der Waals surface area contributed by atoms with E-state index in [2.05, 4.69) is 61.0 Å². The lowest BCUT2D eigenvalue weighted by atomic mass is 10.2. The molecule has 0 saturated carbocycles. The maximum Gasteiger partial charge on any atom is 0.259 e. The lowest BCUT2D eigenvalue weighted by Gasteiger charge is -2.12. The van der Waals surface area contributed by atoms with Crippen LogP contribution in [0, 0.1) is 7.14 Å². The predicted octanol–water partition coefficient (Wildman–Crippen LogP) is 3.87. The molecule has 2 N–H and O–H groups in total. The van der Waals surface area contributed by atoms with Crippen molar-refractivity contribution >= 4 is 63.0 Å². The van der Waals surface area contributed by atoms with Crippen LogP contribution < -0.4 is 20.2 Å². The van der Waals surface area contributed by atoms with Crippen LogP contribution >= 0.6 is 45.2 Å². The molecule has 0 atom stereocenters. The lowest BCUT2D eigenvalue weighted by Crippen LogP contribution is -2.25. The van der Waals surface area contributed by atoms with Crippen molar-refractivity contribution in [2.24, 2.45) is 5.10 Å². The van der Waals surface area contributed by atoms with Crippen LogP contribution in [-0.4, -0.2) is 32.4 Å². The monoisotopic (exact) mass is 579 g/mol. The number of nitrogens with one attached hydrogen (secondary N) is 2. The van der Waals surface area contributed by atoms with Crippen molar-refractivity contribution in [2.75, 3.05) is 25.6 Å². The van der Waals surface area contributed by atoms with Gasteiger partial charge in [0.2, 0.25) is 0 Å². The van der Waals surface area contributed by atoms with Gasteiger partial charge >= 0.3 is 0 Å². The second-order valence-electron chi connectivity index (χ2n) is 5.12. The van der Waals surface area contributed by atoms with Crippen molar-refractivity contribution in [1.82, 2.24) is 5.43 Å². The zero-order chi connectivity index (χ0) is 18.9. The molecule has 2 rings (SSSR count). The number of nitrogens with zero attached hydrogens (tertiary/aromatic N) is 1. The van der Waals surface area contributed by atoms with Gasteiger partial charge < -0.3 is 14.8 Å². The fourth-order valence-electron chi connectivity index (χ4n) is 2.07. The molecule has 0 unspecified atom stereocenters. The molecule has 8 heteroatoms. The molecule has 2 aromatic rings. The molecule has 1 amide bonds. The van der Waals surface area contributed by atoms with Crippen LogP contribution in [-0.2, 0) is 4.79 Å². The first kappa shape index (κ1) is 20.7. The fourth-order valence-corrected chi connectivity index (χ4v) is 3.21. The second kappa shape index (κ2) is 10.6. The van der Waals surface area contributed by atoms with Gasteiger partial charge in [-0.25, -0.2) is 5.43 Å². The van der Waals surface area contributed by atoms with Crippen LogP contribution in [0.4, 0.5) is 5.69 Å². The van der Waals surface area contributed by atoms with E-state index in [9.17, 15) is 4.79 Å². The Morgan fingerprint density at radius 2 is 1.96 bits per heavy atom. The number of hydrogen-bond acceptors (Lipinski definition) is 5. The number of rotatable bonds is 8. The normalized spacial score (nSPS) is 10.6. The summed E-state index contributed by atoms with van der Waals surface area (Å²) in [5.74, 6) is 1.11. The molecule has 0 aliphatic heterocycles. The highest BCUT2D eigenvalue weighted by Crippen LogP contribution is 2.33. The van der Waals surface area contributed by atoms with Crippen molar-refractivity contribution in [3.8, 4) is 11.5 Å². The van der Waals surface area contributed by atoms with E-state index < -0.39 is 0 Å². The van der Waals surface area contributed by atoms with Crippen molar-refractivity contribution in [2.45, 2.75) is 6.92 Å². The van der Waals surface area contributed by atoms with E-state index in [0.717, 1.165) is 18.4 Å². The Hall–Kier alpha value is -1.56. The molecule has 0 aromatic heterocycles. The van der Waals surface area contributed by atoms with E-state index in [-0.39, 0.29) is 12.5 Å². The lowest BCUT2D eigenvalue weighted by molar-refractivity contribution is -0.119. The standard InChI is InChI=1S/C18H19I2N3O3/c1-3-26-18-15(20)8-12(9-16(18)25-2)10-22-23-17(24)11-21-14-6-4-13(19)5-7-14/h4-10,21H,3,11H2,1-2H3,(H,23,24)/b22-10-. The van der Waals surface area contributed by atoms with Gasteiger partial charge in [-0.2, -0.15) is 5.10 Å². The zero-order valence-electron chi connectivity index (χ0n) is 14.4. The highest BCUT2D eigenvalue weighted by Gasteiger charge is 2.10. The average molecular weight is 579 g/mol. The molecule has 6 nitrogen and oxygen atoms in total. The van der Waals surface area contributed by atoms with Gasteiger partial charge in [-0.3, -0.25) is 4.79 Å². The summed E-state index contributed by atoms with van der Waals surface area (Å²) in [7, 11) is 1.59. The number of ether oxygens (including phenoxy) is 2. The Morgan fingerprint density at radius 1 is 1.23 bits per heavy atom. The first-order chi connectivity index (χ1) is 12.5. The van der Waals surface area contributed by atoms with Gasteiger partial charge in [-0.15, -0.1) is 0 Å². The number of benzene rings is 2. The molecular weight excluding hydrogens is 560 g/mol. The summed E-state index contributed by atoms with van der Waals surface area (Å²) in [6.45, 7) is 2.62. The molecular formula is C18H19I2N3O3. The highest BCUT2D eigenvalue weighted by molar-refractivity contribution is 14.1. The predicted molar refractivity (Wildman–Crippen MR) is 120 cm³/mol. The SMILES string of the molecule is CCOc1c(I)cc(/C=N\NC(=O)CNc2ccc(I)cc2)cc1OC. The average Bonchev–Trinajstić information content (AvgIpc) is 2.63. The van der Waals surface area contributed by atoms with Crippen LogP contribution in [0.1, 0.15) is 12.5 Å². The molecule has 0 bridgehead atoms. The number of halogens is 2. The first-order valence-corrected chi connectivity index (χ1v) is 10.0. The molecule has 0 radical (unpaired) electrons. The van der Waals surface area contributed by atoms with Crippen LogP contribution in [0.5, 0.6) is 11.5 Å². The molecule has 138 valence electrons. The quantitative estimate of drug-likeness (QED) is 0.283. The van der Waals surface area contributed by atoms with Crippen molar-refractivity contribution < 1.29 is 14.3 Å². The summed E-state index contributed by atoms with van der Waals surface area (Å²) in [6.07, 6.45) is 1.57. The van der Waals surface area contributed by atoms with Gasteiger partial charge in [0.15, 0.2) is 11.5 Å². The largest absolute Gasteiger partial charge is 0.493 e. The Labute approximate surface area is 180 Å². The Balaban J connectivity index is 1.91. The zero-order valence-corrected chi connectivity index (χ0v) is 18.7. The van der Waals surface area contributed by atoms with E-state index in [4.69, 9.17) is 9.47 Å². The van der Waals surface area contributed by atoms with Crippen molar-refractivity contribution in [1.29, 1.82) is 0 Å². The summed E-state index contributed by atoms with van der Waals surface area (Å²) >= 11 is 4.41. The highest BCUT2D eigenvalue weighted by atomic mass is 127. The van der Waals surface area contributed by atoms with E-state index in [1.165, 1.54) is 0 Å². The molecule has 26 heavy (non-hydrogen) atoms. The fraction of sp³-hybridized carbons (Fsp3) is 0.222. The molecule has 0 spiro atoms. The van der Waals surface area contributed by atoms with Gasteiger partial charge in [0.05, 0.1) is 30.0 Å². The van der Waals surface area contributed by atoms with E-state index in [0.29, 0.717) is 18.1 Å². The van der Waals surface area contributed by atoms with E-state index in [1.54, 1.807) is 13.3 Å². The van der Waals surface area contributed by atoms with Gasteiger partial charge in [0, 0.05) is 9.26 Å². The number of anilines is 1. The first-order valence-electron chi connectivity index (χ1n) is 7.85. The molecule has 0 aliphatic carbocycles. The molecule has 0 saturated heterocycles. The second-order valence-corrected chi connectivity index (χ2v) is 7.53. The third-order valence-electron chi connectivity index (χ3n) is 3.24. The van der Waals surface area contributed by atoms with Crippen molar-refractivity contribution in [3.05, 3.63) is 49.1 Å². The number of carbonyl (C=O) groups is 1. The van der Waals surface area contributed by atoms with Crippen molar-refractivity contribution in [3.63, 3.8) is 0 Å². The van der Waals surface area contributed by atoms with Gasteiger partial charge in [-0.1, -0.05) is 0 Å². The number of hydrazone groups is 1. The molecule has 0 heterocycles. The minimum Gasteiger partial charge on any atom is -0.493 e. The smallest absolute Gasteiger partial charge is 0.259 e. The summed E-state index contributed by atoms with van der Waals surface area (Å²) < 4.78 is 13.0. The maximum absolute atomic E-state index is 11.9. The summed E-state index contributed by atoms with van der Waals surface area (Å²) in [6, 6.07) is 11.5. The topological polar surface area (TPSA) is 72.0 Å². The minimum atomic E-state index is -0.229. The number of carbonyl (C=O) groups excluding carboxylic acids is 1. The molecule has 0 fully saturated rings. The Bertz CT molecular complexity index is 780. The van der Waals surface area contributed by atoms with E-state index in [1.807, 2.05) is 43.3 Å². The van der Waals surface area contributed by atoms with E-state index >= 15 is 0 Å². The molecule has 2 aromatic carbocycles. The maximum atomic E-state index is 11.9. The summed E-state index contributed by atoms with van der Waals surface area (Å²) in [4.78, 5) is 11.9. The number of amides is 1. The van der Waals surface area contributed by atoms with Crippen LogP contribution in [0.2, 0.25) is 0 Å². The number of hydrogen-bond donors (Lipinski definition) is 2. The van der Waals surface area contributed by atoms with Crippen LogP contribution in [0.3, 0.4) is 0 Å². The third-order valence-corrected chi connectivity index (χ3v) is 4.76. The third kappa shape index (κ3) is 6.31. The Kier molecular flexibility index (Phi) is 8.42. The van der Waals surface area contributed by atoms with Gasteiger partial charge in [0.1, 0.15) is 0 Å². The number of methoxy groups -OCH3 is 1. The minimum absolute atomic E-state index is 0.141. The summed E-state index contributed by atoms with van der Waals surface area (Å²) in [5.41, 5.74) is 4.19. The Morgan fingerprint density at radius 3 is 2.62 bits per heavy atom. The summed E-state index contributed by atoms with van der Waals surface area (Å²) in [5, 5.41) is 7.04. The molecule has 0 aliphatic rings. The van der Waals surface area contributed by atoms with Crippen LogP contribution in [0.15, 0.2) is 41.5 Å². The van der Waals surface area contributed by atoms with Crippen LogP contribution in [0.25, 0.3) is 0 Å².